The van der Waals surface area contributed by atoms with Crippen LogP contribution in [-0.2, 0) is 35.4 Å². The van der Waals surface area contributed by atoms with Crippen LogP contribution in [0.15, 0.2) is 103 Å². The maximum Gasteiger partial charge on any atom is 0.243 e. The molecule has 0 aromatic heterocycles. The Labute approximate surface area is 248 Å². The fourth-order valence-corrected chi connectivity index (χ4v) is 4.84. The molecular formula is C35H38N2O5. The SMILES string of the molecule is COc1ccc(CCNC(=O)C(Cc2ccccc2)N(Cc2ccccc2)C(=O)Cc2ccc(OC)c(OC)c2)cc1. The molecule has 4 aromatic rings. The Morgan fingerprint density at radius 3 is 1.93 bits per heavy atom. The van der Waals surface area contributed by atoms with Crippen LogP contribution in [0.25, 0.3) is 0 Å². The van der Waals surface area contributed by atoms with E-state index < -0.39 is 6.04 Å². The second-order valence-corrected chi connectivity index (χ2v) is 9.97. The quantitative estimate of drug-likeness (QED) is 0.226. The number of amides is 2. The maximum atomic E-state index is 14.0. The lowest BCUT2D eigenvalue weighted by atomic mass is 10.0. The number of hydrogen-bond acceptors (Lipinski definition) is 5. The molecule has 1 N–H and O–H groups in total. The highest BCUT2D eigenvalue weighted by Gasteiger charge is 2.30. The van der Waals surface area contributed by atoms with Crippen molar-refractivity contribution in [2.24, 2.45) is 0 Å². The van der Waals surface area contributed by atoms with Crippen molar-refractivity contribution in [3.63, 3.8) is 0 Å². The molecule has 0 aliphatic carbocycles. The smallest absolute Gasteiger partial charge is 0.243 e. The van der Waals surface area contributed by atoms with E-state index >= 15 is 0 Å². The van der Waals surface area contributed by atoms with Crippen LogP contribution in [0.5, 0.6) is 17.2 Å². The van der Waals surface area contributed by atoms with Gasteiger partial charge in [-0.2, -0.15) is 0 Å². The highest BCUT2D eigenvalue weighted by molar-refractivity contribution is 5.89. The van der Waals surface area contributed by atoms with E-state index in [0.29, 0.717) is 37.4 Å². The summed E-state index contributed by atoms with van der Waals surface area (Å²) in [5, 5.41) is 3.10. The van der Waals surface area contributed by atoms with E-state index in [0.717, 1.165) is 28.0 Å². The molecule has 0 heterocycles. The third-order valence-electron chi connectivity index (χ3n) is 7.14. The monoisotopic (exact) mass is 566 g/mol. The van der Waals surface area contributed by atoms with Gasteiger partial charge in [-0.1, -0.05) is 78.9 Å². The van der Waals surface area contributed by atoms with Gasteiger partial charge in [-0.15, -0.1) is 0 Å². The zero-order valence-electron chi connectivity index (χ0n) is 24.4. The second kappa shape index (κ2) is 15.3. The number of carbonyl (C=O) groups is 2. The van der Waals surface area contributed by atoms with Gasteiger partial charge in [0.05, 0.1) is 27.8 Å². The summed E-state index contributed by atoms with van der Waals surface area (Å²) in [6, 6.07) is 32.1. The number of carbonyl (C=O) groups excluding carboxylic acids is 2. The standard InChI is InChI=1S/C35H38N2O5/c1-40-30-17-14-26(15-18-30)20-21-36-35(39)31(22-27-10-6-4-7-11-27)37(25-28-12-8-5-9-13-28)34(38)24-29-16-19-32(41-2)33(23-29)42-3/h4-19,23,31H,20-22,24-25H2,1-3H3,(H,36,39). The molecule has 0 saturated heterocycles. The molecule has 1 atom stereocenters. The molecule has 7 nitrogen and oxygen atoms in total. The van der Waals surface area contributed by atoms with Crippen molar-refractivity contribution >= 4 is 11.8 Å². The lowest BCUT2D eigenvalue weighted by Crippen LogP contribution is -2.51. The summed E-state index contributed by atoms with van der Waals surface area (Å²) >= 11 is 0. The molecule has 1 unspecified atom stereocenters. The van der Waals surface area contributed by atoms with Crippen LogP contribution in [-0.4, -0.2) is 50.6 Å². The molecule has 42 heavy (non-hydrogen) atoms. The summed E-state index contributed by atoms with van der Waals surface area (Å²) < 4.78 is 16.1. The number of nitrogens with one attached hydrogen (secondary N) is 1. The predicted molar refractivity (Wildman–Crippen MR) is 164 cm³/mol. The summed E-state index contributed by atoms with van der Waals surface area (Å²) in [4.78, 5) is 29.6. The fourth-order valence-electron chi connectivity index (χ4n) is 4.84. The molecule has 4 rings (SSSR count). The van der Waals surface area contributed by atoms with Gasteiger partial charge in [-0.05, 0) is 52.9 Å². The number of hydrogen-bond donors (Lipinski definition) is 1. The molecular weight excluding hydrogens is 528 g/mol. The van der Waals surface area contributed by atoms with E-state index in [1.165, 1.54) is 0 Å². The summed E-state index contributed by atoms with van der Waals surface area (Å²) in [6.07, 6.45) is 1.16. The van der Waals surface area contributed by atoms with Crippen molar-refractivity contribution in [1.82, 2.24) is 10.2 Å². The highest BCUT2D eigenvalue weighted by Crippen LogP contribution is 2.28. The van der Waals surface area contributed by atoms with E-state index in [1.54, 1.807) is 38.4 Å². The average molecular weight is 567 g/mol. The van der Waals surface area contributed by atoms with E-state index in [1.807, 2.05) is 91.0 Å². The van der Waals surface area contributed by atoms with E-state index in [4.69, 9.17) is 14.2 Å². The third-order valence-corrected chi connectivity index (χ3v) is 7.14. The zero-order valence-corrected chi connectivity index (χ0v) is 24.4. The summed E-state index contributed by atoms with van der Waals surface area (Å²) in [5.41, 5.74) is 3.78. The minimum Gasteiger partial charge on any atom is -0.497 e. The minimum atomic E-state index is -0.712. The lowest BCUT2D eigenvalue weighted by Gasteiger charge is -2.32. The highest BCUT2D eigenvalue weighted by atomic mass is 16.5. The van der Waals surface area contributed by atoms with Gasteiger partial charge in [-0.25, -0.2) is 0 Å². The Kier molecular flexibility index (Phi) is 11.0. The van der Waals surface area contributed by atoms with E-state index in [2.05, 4.69) is 5.32 Å². The summed E-state index contributed by atoms with van der Waals surface area (Å²) in [6.45, 7) is 0.746. The number of methoxy groups -OCH3 is 3. The molecule has 0 spiro atoms. The summed E-state index contributed by atoms with van der Waals surface area (Å²) in [5.74, 6) is 1.58. The van der Waals surface area contributed by atoms with Crippen LogP contribution in [0.2, 0.25) is 0 Å². The van der Waals surface area contributed by atoms with E-state index in [-0.39, 0.29) is 18.2 Å². The lowest BCUT2D eigenvalue weighted by molar-refractivity contribution is -0.140. The van der Waals surface area contributed by atoms with Crippen LogP contribution in [0.4, 0.5) is 0 Å². The molecule has 0 bridgehead atoms. The predicted octanol–water partition coefficient (Wildman–Crippen LogP) is 5.25. The van der Waals surface area contributed by atoms with Crippen LogP contribution in [0, 0.1) is 0 Å². The molecule has 2 amide bonds. The largest absolute Gasteiger partial charge is 0.497 e. The van der Waals surface area contributed by atoms with Crippen LogP contribution in [0.3, 0.4) is 0 Å². The third kappa shape index (κ3) is 8.36. The number of nitrogens with zero attached hydrogens (tertiary/aromatic N) is 1. The van der Waals surface area contributed by atoms with Crippen molar-refractivity contribution < 1.29 is 23.8 Å². The summed E-state index contributed by atoms with van der Waals surface area (Å²) in [7, 11) is 4.78. The molecule has 0 fully saturated rings. The van der Waals surface area contributed by atoms with Crippen LogP contribution < -0.4 is 19.5 Å². The Hall–Kier alpha value is -4.78. The van der Waals surface area contributed by atoms with Gasteiger partial charge < -0.3 is 24.4 Å². The maximum absolute atomic E-state index is 14.0. The minimum absolute atomic E-state index is 0.109. The number of rotatable bonds is 14. The van der Waals surface area contributed by atoms with Gasteiger partial charge in [-0.3, -0.25) is 9.59 Å². The van der Waals surface area contributed by atoms with Gasteiger partial charge in [0.2, 0.25) is 11.8 Å². The van der Waals surface area contributed by atoms with Gasteiger partial charge >= 0.3 is 0 Å². The van der Waals surface area contributed by atoms with Crippen molar-refractivity contribution in [3.8, 4) is 17.2 Å². The normalized spacial score (nSPS) is 11.3. The van der Waals surface area contributed by atoms with Crippen molar-refractivity contribution in [2.45, 2.75) is 31.8 Å². The molecule has 0 aliphatic heterocycles. The molecule has 7 heteroatoms. The Balaban J connectivity index is 1.59. The Bertz CT molecular complexity index is 1430. The molecule has 0 aliphatic rings. The molecule has 0 radical (unpaired) electrons. The number of benzene rings is 4. The first-order valence-corrected chi connectivity index (χ1v) is 14.0. The second-order valence-electron chi connectivity index (χ2n) is 9.97. The van der Waals surface area contributed by atoms with Crippen molar-refractivity contribution in [1.29, 1.82) is 0 Å². The zero-order chi connectivity index (χ0) is 29.7. The Morgan fingerprint density at radius 1 is 0.690 bits per heavy atom. The van der Waals surface area contributed by atoms with Gasteiger partial charge in [0.25, 0.3) is 0 Å². The van der Waals surface area contributed by atoms with E-state index in [9.17, 15) is 9.59 Å². The van der Waals surface area contributed by atoms with Crippen LogP contribution in [0.1, 0.15) is 22.3 Å². The molecule has 0 saturated carbocycles. The van der Waals surface area contributed by atoms with Gasteiger partial charge in [0.1, 0.15) is 11.8 Å². The van der Waals surface area contributed by atoms with Gasteiger partial charge in [0.15, 0.2) is 11.5 Å². The topological polar surface area (TPSA) is 77.1 Å². The molecule has 4 aromatic carbocycles. The van der Waals surface area contributed by atoms with Crippen LogP contribution >= 0.6 is 0 Å². The Morgan fingerprint density at radius 2 is 1.31 bits per heavy atom. The van der Waals surface area contributed by atoms with Crippen molar-refractivity contribution in [2.75, 3.05) is 27.9 Å². The first-order valence-electron chi connectivity index (χ1n) is 14.0. The van der Waals surface area contributed by atoms with Gasteiger partial charge in [0, 0.05) is 19.5 Å². The first kappa shape index (κ1) is 30.2. The first-order chi connectivity index (χ1) is 20.5. The fraction of sp³-hybridized carbons (Fsp3) is 0.257. The van der Waals surface area contributed by atoms with Crippen molar-refractivity contribution in [3.05, 3.63) is 125 Å². The molecule has 218 valence electrons. The average Bonchev–Trinajstić information content (AvgIpc) is 3.03. The number of ether oxygens (including phenoxy) is 3.